The number of hydrogen-bond acceptors (Lipinski definition) is 0. The van der Waals surface area contributed by atoms with E-state index in [0.717, 1.165) is 0 Å². The highest BCUT2D eigenvalue weighted by Crippen LogP contribution is 2.40. The van der Waals surface area contributed by atoms with Crippen LogP contribution in [0.2, 0.25) is 0 Å². The molecular weight excluding hydrogens is 782 g/mol. The summed E-state index contributed by atoms with van der Waals surface area (Å²) >= 11 is 0. The van der Waals surface area contributed by atoms with Gasteiger partial charge in [-0.3, -0.25) is 0 Å². The number of benzene rings is 4. The molecule has 0 aliphatic carbocycles. The Labute approximate surface area is 281 Å². The van der Waals surface area contributed by atoms with Crippen LogP contribution in [0.1, 0.15) is 38.9 Å². The molecule has 0 atom stereocenters. The van der Waals surface area contributed by atoms with Crippen LogP contribution in [0.5, 0.6) is 0 Å². The van der Waals surface area contributed by atoms with E-state index in [9.17, 15) is 92.2 Å². The Morgan fingerprint density at radius 1 is 0.245 bits per heavy atom. The van der Waals surface area contributed by atoms with Crippen LogP contribution < -0.4 is 21.9 Å². The lowest BCUT2D eigenvalue weighted by Gasteiger charge is -2.46. The van der Waals surface area contributed by atoms with E-state index < -0.39 is 165 Å². The molecule has 0 nitrogen and oxygen atoms in total. The van der Waals surface area contributed by atoms with Crippen molar-refractivity contribution in [2.75, 3.05) is 0 Å². The maximum absolute atomic E-state index is 14.1. The standard InChI is InChI=1S/C31H13BF21/c33-25(34,35)14-2-1-3-21(7-14)32(22-8-15(26(36,37)38)4-16(9-22)27(39,40)41,23-10-17(28(42,43)44)5-18(11-23)29(45,46)47)24-12-19(30(48,49)50)6-20(13-24)31(51,52)53/h1-13H/q-1. The van der Waals surface area contributed by atoms with Crippen LogP contribution in [0.25, 0.3) is 0 Å². The molecular formula is C31H13BF21-. The first-order valence-electron chi connectivity index (χ1n) is 13.9. The van der Waals surface area contributed by atoms with Crippen LogP contribution >= 0.6 is 0 Å². The lowest BCUT2D eigenvalue weighted by Crippen LogP contribution is -2.75. The van der Waals surface area contributed by atoms with Gasteiger partial charge in [-0.2, -0.15) is 114 Å². The SMILES string of the molecule is FC(F)(F)c1cccc([B-](c2cc(C(F)(F)F)cc(C(F)(F)F)c2)(c2cc(C(F)(F)F)cc(C(F)(F)F)c2)c2cc(C(F)(F)F)cc(C(F)(F)F)c2)c1. The van der Waals surface area contributed by atoms with Gasteiger partial charge in [-0.1, -0.05) is 60.7 Å². The highest BCUT2D eigenvalue weighted by molar-refractivity contribution is 7.20. The normalized spacial score (nSPS) is 14.1. The minimum Gasteiger partial charge on any atom is -0.195 e. The van der Waals surface area contributed by atoms with E-state index in [-0.39, 0.29) is 24.3 Å². The lowest BCUT2D eigenvalue weighted by molar-refractivity contribution is -0.144. The fourth-order valence-electron chi connectivity index (χ4n) is 5.83. The summed E-state index contributed by atoms with van der Waals surface area (Å²) in [4.78, 5) is 0. The summed E-state index contributed by atoms with van der Waals surface area (Å²) in [6.45, 7) is 0. The van der Waals surface area contributed by atoms with Crippen molar-refractivity contribution < 1.29 is 92.2 Å². The van der Waals surface area contributed by atoms with Crippen LogP contribution in [-0.2, 0) is 43.2 Å². The molecule has 0 aromatic heterocycles. The largest absolute Gasteiger partial charge is 0.416 e. The maximum Gasteiger partial charge on any atom is 0.416 e. The van der Waals surface area contributed by atoms with Crippen LogP contribution in [0.15, 0.2) is 78.9 Å². The van der Waals surface area contributed by atoms with E-state index in [2.05, 4.69) is 0 Å². The van der Waals surface area contributed by atoms with Gasteiger partial charge in [-0.05, 0) is 18.2 Å². The van der Waals surface area contributed by atoms with Crippen LogP contribution in [0, 0.1) is 0 Å². The third-order valence-electron chi connectivity index (χ3n) is 8.04. The van der Waals surface area contributed by atoms with Gasteiger partial charge in [0.25, 0.3) is 0 Å². The van der Waals surface area contributed by atoms with Crippen LogP contribution in [0.4, 0.5) is 92.2 Å². The molecule has 22 heteroatoms. The van der Waals surface area contributed by atoms with E-state index in [1.807, 2.05) is 0 Å². The molecule has 0 heterocycles. The summed E-state index contributed by atoms with van der Waals surface area (Å²) in [6, 6.07) is -4.13. The smallest absolute Gasteiger partial charge is 0.195 e. The van der Waals surface area contributed by atoms with Gasteiger partial charge in [0.2, 0.25) is 0 Å². The Hall–Kier alpha value is -4.53. The van der Waals surface area contributed by atoms with Gasteiger partial charge in [0.1, 0.15) is 6.15 Å². The zero-order chi connectivity index (χ0) is 40.5. The molecule has 0 saturated carbocycles. The van der Waals surface area contributed by atoms with Gasteiger partial charge in [-0.25, -0.2) is 0 Å². The Bertz CT molecular complexity index is 1710. The van der Waals surface area contributed by atoms with Crippen molar-refractivity contribution in [2.45, 2.75) is 43.2 Å². The molecule has 0 radical (unpaired) electrons. The monoisotopic (exact) mass is 795 g/mol. The maximum atomic E-state index is 14.1. The predicted octanol–water partition coefficient (Wildman–Crippen LogP) is 10.2. The summed E-state index contributed by atoms with van der Waals surface area (Å²) < 4.78 is 296. The number of alkyl halides is 21. The second-order valence-electron chi connectivity index (χ2n) is 11.5. The second-order valence-corrected chi connectivity index (χ2v) is 11.5. The molecule has 0 bridgehead atoms. The van der Waals surface area contributed by atoms with E-state index in [1.54, 1.807) is 0 Å². The highest BCUT2D eigenvalue weighted by Gasteiger charge is 2.46. The molecule has 4 rings (SSSR count). The summed E-state index contributed by atoms with van der Waals surface area (Å²) in [5.74, 6) is 0. The average molecular weight is 795 g/mol. The number of rotatable bonds is 4. The van der Waals surface area contributed by atoms with E-state index in [0.29, 0.717) is 0 Å². The Morgan fingerprint density at radius 2 is 0.453 bits per heavy atom. The van der Waals surface area contributed by atoms with E-state index in [1.165, 1.54) is 0 Å². The molecule has 288 valence electrons. The molecule has 0 N–H and O–H groups in total. The Kier molecular flexibility index (Phi) is 9.97. The van der Waals surface area contributed by atoms with Gasteiger partial charge < -0.3 is 0 Å². The fourth-order valence-corrected chi connectivity index (χ4v) is 5.83. The van der Waals surface area contributed by atoms with Gasteiger partial charge in [-0.15, -0.1) is 0 Å². The van der Waals surface area contributed by atoms with Crippen molar-refractivity contribution in [2.24, 2.45) is 0 Å². The zero-order valence-corrected chi connectivity index (χ0v) is 25.0. The van der Waals surface area contributed by atoms with Gasteiger partial charge >= 0.3 is 43.2 Å². The molecule has 0 saturated heterocycles. The molecule has 0 amide bonds. The topological polar surface area (TPSA) is 0 Å². The predicted molar refractivity (Wildman–Crippen MR) is 145 cm³/mol. The average Bonchev–Trinajstić information content (AvgIpc) is 2.98. The van der Waals surface area contributed by atoms with Crippen molar-refractivity contribution in [1.29, 1.82) is 0 Å². The van der Waals surface area contributed by atoms with E-state index >= 15 is 0 Å². The van der Waals surface area contributed by atoms with Gasteiger partial charge in [0.15, 0.2) is 0 Å². The summed E-state index contributed by atoms with van der Waals surface area (Å²) in [5.41, 5.74) is -23.7. The second kappa shape index (κ2) is 12.8. The number of hydrogen-bond donors (Lipinski definition) is 0. The molecule has 53 heavy (non-hydrogen) atoms. The zero-order valence-electron chi connectivity index (χ0n) is 25.0. The van der Waals surface area contributed by atoms with E-state index in [4.69, 9.17) is 0 Å². The molecule has 4 aromatic rings. The third kappa shape index (κ3) is 8.50. The first-order valence-corrected chi connectivity index (χ1v) is 13.9. The highest BCUT2D eigenvalue weighted by atomic mass is 19.4. The summed E-state index contributed by atoms with van der Waals surface area (Å²) in [5, 5.41) is 0. The minimum absolute atomic E-state index is 0.137. The molecule has 0 aliphatic heterocycles. The lowest BCUT2D eigenvalue weighted by atomic mass is 9.12. The summed E-state index contributed by atoms with van der Waals surface area (Å²) in [7, 11) is 0. The van der Waals surface area contributed by atoms with Gasteiger partial charge in [0, 0.05) is 0 Å². The Balaban J connectivity index is 2.53. The van der Waals surface area contributed by atoms with Crippen LogP contribution in [0.3, 0.4) is 0 Å². The molecule has 0 spiro atoms. The number of halogens is 21. The van der Waals surface area contributed by atoms with Crippen molar-refractivity contribution in [3.8, 4) is 0 Å². The molecule has 0 fully saturated rings. The minimum atomic E-state index is -5.93. The van der Waals surface area contributed by atoms with Crippen molar-refractivity contribution in [1.82, 2.24) is 0 Å². The Morgan fingerprint density at radius 3 is 0.660 bits per heavy atom. The van der Waals surface area contributed by atoms with Gasteiger partial charge in [0.05, 0.1) is 38.9 Å². The first-order chi connectivity index (χ1) is 23.7. The van der Waals surface area contributed by atoms with Crippen molar-refractivity contribution >= 4 is 28.0 Å². The first kappa shape index (κ1) is 41.2. The summed E-state index contributed by atoms with van der Waals surface area (Å²) in [6.07, 6.45) is -46.4. The van der Waals surface area contributed by atoms with Crippen molar-refractivity contribution in [3.05, 3.63) is 118 Å². The fraction of sp³-hybridized carbons (Fsp3) is 0.226. The van der Waals surface area contributed by atoms with Crippen LogP contribution in [-0.4, -0.2) is 6.15 Å². The third-order valence-corrected chi connectivity index (χ3v) is 8.04. The molecule has 4 aromatic carbocycles. The molecule has 0 unspecified atom stereocenters. The quantitative estimate of drug-likeness (QED) is 0.143. The van der Waals surface area contributed by atoms with Crippen molar-refractivity contribution in [3.63, 3.8) is 0 Å². The molecule has 0 aliphatic rings.